The number of hydrogen-bond acceptors (Lipinski definition) is 4. The average Bonchev–Trinajstić information content (AvgIpc) is 3.30. The molecule has 3 aromatic carbocycles. The minimum atomic E-state index is -1.02. The maximum Gasteiger partial charge on any atom is 0.325 e. The molecule has 0 aromatic heterocycles. The molecule has 3 aromatic rings. The first-order valence-corrected chi connectivity index (χ1v) is 11.5. The Hall–Kier alpha value is -3.28. The third-order valence-electron chi connectivity index (χ3n) is 5.93. The van der Waals surface area contributed by atoms with Gasteiger partial charge in [-0.05, 0) is 37.4 Å². The number of carboxylic acids is 1. The fraction of sp³-hybridized carbons (Fsp3) is 0.250. The van der Waals surface area contributed by atoms with Gasteiger partial charge in [0.25, 0.3) is 0 Å². The van der Waals surface area contributed by atoms with Gasteiger partial charge in [0.2, 0.25) is 0 Å². The largest absolute Gasteiger partial charge is 0.625 e. The van der Waals surface area contributed by atoms with Crippen molar-refractivity contribution in [1.29, 1.82) is 0 Å². The Bertz CT molecular complexity index is 1180. The zero-order valence-electron chi connectivity index (χ0n) is 19.5. The van der Waals surface area contributed by atoms with Gasteiger partial charge in [-0.2, -0.15) is 0 Å². The van der Waals surface area contributed by atoms with Crippen molar-refractivity contribution in [1.82, 2.24) is 4.90 Å². The smallest absolute Gasteiger partial charge is 0.325 e. The van der Waals surface area contributed by atoms with E-state index >= 15 is 0 Å². The standard InChI is InChI=1S/C28H29N3O3.Ni/c1-20-14-15-24(23(17-20)27(29-18-26(32)33)22-11-6-3-7-12-22)30-28(34)25-13-8-16-31(25)19-21-9-4-2-5-10-21;/h2-7,9-12,14-15,17,25H,8,13,16,18-19H2,1H3,(H2,29,30,32,33,34);/p-1. The van der Waals surface area contributed by atoms with Crippen molar-refractivity contribution in [2.75, 3.05) is 13.1 Å². The first-order valence-electron chi connectivity index (χ1n) is 11.5. The molecule has 184 valence electrons. The van der Waals surface area contributed by atoms with Gasteiger partial charge in [-0.3, -0.25) is 14.7 Å². The van der Waals surface area contributed by atoms with Crippen molar-refractivity contribution >= 4 is 23.3 Å². The Morgan fingerprint density at radius 1 is 1.03 bits per heavy atom. The molecule has 1 amide bonds. The van der Waals surface area contributed by atoms with E-state index < -0.39 is 5.97 Å². The second-order valence-electron chi connectivity index (χ2n) is 8.51. The quantitative estimate of drug-likeness (QED) is 0.335. The number of aliphatic carboxylic acids is 1. The van der Waals surface area contributed by atoms with Gasteiger partial charge in [-0.15, -0.1) is 5.69 Å². The number of likely N-dealkylation sites (tertiary alicyclic amines) is 1. The second-order valence-corrected chi connectivity index (χ2v) is 8.51. The maximum absolute atomic E-state index is 13.3. The number of amides is 1. The molecule has 1 unspecified atom stereocenters. The Labute approximate surface area is 216 Å². The number of benzene rings is 3. The predicted octanol–water partition coefficient (Wildman–Crippen LogP) is 5.11. The number of rotatable bonds is 8. The van der Waals surface area contributed by atoms with Crippen LogP contribution in [0.25, 0.3) is 5.32 Å². The first kappa shape index (κ1) is 26.3. The zero-order chi connectivity index (χ0) is 23.9. The van der Waals surface area contributed by atoms with Crippen LogP contribution in [0.5, 0.6) is 0 Å². The van der Waals surface area contributed by atoms with E-state index in [1.165, 1.54) is 5.56 Å². The summed E-state index contributed by atoms with van der Waals surface area (Å²) in [5.74, 6) is -1.19. The van der Waals surface area contributed by atoms with E-state index in [0.29, 0.717) is 23.5 Å². The van der Waals surface area contributed by atoms with Gasteiger partial charge < -0.3 is 15.2 Å². The van der Waals surface area contributed by atoms with Crippen LogP contribution >= 0.6 is 0 Å². The van der Waals surface area contributed by atoms with Gasteiger partial charge in [0.1, 0.15) is 6.54 Å². The van der Waals surface area contributed by atoms with Crippen molar-refractivity contribution in [3.05, 3.63) is 106 Å². The average molecular weight is 513 g/mol. The third kappa shape index (κ3) is 6.87. The summed E-state index contributed by atoms with van der Waals surface area (Å²) in [7, 11) is 0. The van der Waals surface area contributed by atoms with Crippen molar-refractivity contribution < 1.29 is 31.2 Å². The molecule has 7 heteroatoms. The molecule has 1 heterocycles. The van der Waals surface area contributed by atoms with Crippen LogP contribution in [-0.4, -0.2) is 46.7 Å². The summed E-state index contributed by atoms with van der Waals surface area (Å²) in [5, 5.41) is 13.8. The summed E-state index contributed by atoms with van der Waals surface area (Å²) in [5.41, 5.74) is 4.62. The van der Waals surface area contributed by atoms with Gasteiger partial charge in [-0.25, -0.2) is 0 Å². The Kier molecular flexibility index (Phi) is 9.35. The van der Waals surface area contributed by atoms with Crippen LogP contribution in [0.2, 0.25) is 0 Å². The third-order valence-corrected chi connectivity index (χ3v) is 5.93. The summed E-state index contributed by atoms with van der Waals surface area (Å²) in [6.07, 6.45) is 1.73. The predicted molar refractivity (Wildman–Crippen MR) is 134 cm³/mol. The molecule has 6 nitrogen and oxygen atoms in total. The van der Waals surface area contributed by atoms with E-state index in [0.717, 1.165) is 30.5 Å². The van der Waals surface area contributed by atoms with E-state index in [9.17, 15) is 14.7 Å². The number of carboxylic acid groups (broad SMARTS) is 1. The minimum Gasteiger partial charge on any atom is -0.625 e. The van der Waals surface area contributed by atoms with Crippen LogP contribution in [0.1, 0.15) is 35.1 Å². The summed E-state index contributed by atoms with van der Waals surface area (Å²) in [6, 6.07) is 24.9. The minimum absolute atomic E-state index is 0. The van der Waals surface area contributed by atoms with Crippen molar-refractivity contribution in [3.8, 4) is 0 Å². The van der Waals surface area contributed by atoms with Gasteiger partial charge in [0, 0.05) is 28.6 Å². The number of carbonyl (C=O) groups is 2. The molecule has 0 bridgehead atoms. The fourth-order valence-electron chi connectivity index (χ4n) is 4.32. The summed E-state index contributed by atoms with van der Waals surface area (Å²) >= 11 is 0. The molecular formula is C28H28N3NiO3-. The molecule has 0 saturated carbocycles. The molecule has 1 fully saturated rings. The van der Waals surface area contributed by atoms with Crippen LogP contribution in [0.4, 0.5) is 5.69 Å². The van der Waals surface area contributed by atoms with Crippen molar-refractivity contribution in [2.45, 2.75) is 32.4 Å². The zero-order valence-corrected chi connectivity index (χ0v) is 20.5. The van der Waals surface area contributed by atoms with Crippen molar-refractivity contribution in [3.63, 3.8) is 0 Å². The SMILES string of the molecule is Cc1ccc([N-]C(=O)C2CCCN2Cc2ccccc2)c(C(=NCC(=O)O)c2ccccc2)c1.[Ni]. The van der Waals surface area contributed by atoms with E-state index in [4.69, 9.17) is 0 Å². The Balaban J connectivity index is 0.00000342. The second kappa shape index (κ2) is 12.4. The van der Waals surface area contributed by atoms with Gasteiger partial charge >= 0.3 is 5.97 Å². The van der Waals surface area contributed by atoms with Crippen LogP contribution in [-0.2, 0) is 32.6 Å². The molecule has 1 aliphatic rings. The van der Waals surface area contributed by atoms with Crippen LogP contribution in [0, 0.1) is 6.92 Å². The Morgan fingerprint density at radius 3 is 2.40 bits per heavy atom. The number of nitrogens with zero attached hydrogens (tertiary/aromatic N) is 3. The first-order chi connectivity index (χ1) is 16.5. The fourth-order valence-corrected chi connectivity index (χ4v) is 4.32. The van der Waals surface area contributed by atoms with E-state index in [-0.39, 0.29) is 35.0 Å². The number of aryl methyl sites for hydroxylation is 1. The van der Waals surface area contributed by atoms with Gasteiger partial charge in [-0.1, -0.05) is 84.4 Å². The topological polar surface area (TPSA) is 84.1 Å². The van der Waals surface area contributed by atoms with Crippen molar-refractivity contribution in [2.24, 2.45) is 4.99 Å². The summed E-state index contributed by atoms with van der Waals surface area (Å²) in [6.45, 7) is 3.16. The molecule has 1 saturated heterocycles. The molecular weight excluding hydrogens is 485 g/mol. The number of aliphatic imine (C=N–C) groups is 1. The van der Waals surface area contributed by atoms with Crippen LogP contribution < -0.4 is 0 Å². The van der Waals surface area contributed by atoms with E-state index in [1.807, 2.05) is 73.7 Å². The summed E-state index contributed by atoms with van der Waals surface area (Å²) < 4.78 is 0. The molecule has 0 spiro atoms. The van der Waals surface area contributed by atoms with Gasteiger partial charge in [0.15, 0.2) is 0 Å². The molecule has 1 aliphatic heterocycles. The van der Waals surface area contributed by atoms with Gasteiger partial charge in [0.05, 0.1) is 17.7 Å². The number of hydrogen-bond donors (Lipinski definition) is 1. The monoisotopic (exact) mass is 512 g/mol. The molecule has 1 N–H and O–H groups in total. The summed E-state index contributed by atoms with van der Waals surface area (Å²) in [4.78, 5) is 31.2. The molecule has 4 rings (SSSR count). The number of carbonyl (C=O) groups excluding carboxylic acids is 1. The molecule has 35 heavy (non-hydrogen) atoms. The molecule has 1 atom stereocenters. The molecule has 0 radical (unpaired) electrons. The van der Waals surface area contributed by atoms with Crippen LogP contribution in [0.3, 0.4) is 0 Å². The van der Waals surface area contributed by atoms with E-state index in [2.05, 4.69) is 27.3 Å². The van der Waals surface area contributed by atoms with Crippen LogP contribution in [0.15, 0.2) is 83.9 Å². The maximum atomic E-state index is 13.3. The molecule has 0 aliphatic carbocycles. The normalized spacial score (nSPS) is 15.9. The Morgan fingerprint density at radius 2 is 1.71 bits per heavy atom. The van der Waals surface area contributed by atoms with E-state index in [1.54, 1.807) is 0 Å².